The van der Waals surface area contributed by atoms with Crippen molar-refractivity contribution in [1.82, 2.24) is 0 Å². The van der Waals surface area contributed by atoms with Gasteiger partial charge in [0.25, 0.3) is 10.1 Å². The van der Waals surface area contributed by atoms with Crippen molar-refractivity contribution >= 4 is 16.1 Å². The highest BCUT2D eigenvalue weighted by molar-refractivity contribution is 7.86. The van der Waals surface area contributed by atoms with Gasteiger partial charge in [0.2, 0.25) is 0 Å². The number of hydrogen-bond donors (Lipinski definition) is 0. The minimum Gasteiger partial charge on any atom is -0.458 e. The van der Waals surface area contributed by atoms with E-state index in [0.717, 1.165) is 80.9 Å². The maximum Gasteiger partial charge on any atom is 0.338 e. The largest absolute Gasteiger partial charge is 0.458 e. The second-order valence-corrected chi connectivity index (χ2v) is 21.2. The summed E-state index contributed by atoms with van der Waals surface area (Å²) in [5.41, 5.74) is 4.71. The maximum atomic E-state index is 13.0. The molecule has 4 aliphatic carbocycles. The van der Waals surface area contributed by atoms with E-state index in [2.05, 4.69) is 125 Å². The molecular weight excluding hydrogens is 777 g/mol. The summed E-state index contributed by atoms with van der Waals surface area (Å²) in [4.78, 5) is 13.0. The summed E-state index contributed by atoms with van der Waals surface area (Å²) in [7, 11) is -3.63. The maximum absolute atomic E-state index is 13.0. The molecular formula is C54H66O6S. The molecule has 0 radical (unpaired) electrons. The van der Waals surface area contributed by atoms with Gasteiger partial charge in [-0.2, -0.15) is 8.42 Å². The first-order chi connectivity index (χ1) is 29.3. The zero-order valence-corrected chi connectivity index (χ0v) is 37.7. The molecule has 10 atom stereocenters. The molecule has 0 aromatic heterocycles. The first kappa shape index (κ1) is 43.6. The molecule has 8 rings (SSSR count). The molecule has 0 bridgehead atoms. The first-order valence-corrected chi connectivity index (χ1v) is 24.8. The van der Waals surface area contributed by atoms with Crippen molar-refractivity contribution in [3.05, 3.63) is 155 Å². The molecule has 0 N–H and O–H groups in total. The highest BCUT2D eigenvalue weighted by atomic mass is 32.2. The van der Waals surface area contributed by atoms with Crippen molar-refractivity contribution in [2.75, 3.05) is 12.9 Å². The summed E-state index contributed by atoms with van der Waals surface area (Å²) in [6.45, 7) is 10.2. The van der Waals surface area contributed by atoms with E-state index in [1.54, 1.807) is 0 Å². The molecule has 0 saturated heterocycles. The summed E-state index contributed by atoms with van der Waals surface area (Å²) in [5.74, 6) is 1.95. The highest BCUT2D eigenvalue weighted by Crippen LogP contribution is 2.68. The van der Waals surface area contributed by atoms with Crippen LogP contribution < -0.4 is 0 Å². The van der Waals surface area contributed by atoms with Crippen LogP contribution in [0, 0.1) is 46.3 Å². The van der Waals surface area contributed by atoms with Gasteiger partial charge in [-0.25, -0.2) is 4.79 Å². The van der Waals surface area contributed by atoms with Crippen LogP contribution in [-0.4, -0.2) is 39.5 Å². The van der Waals surface area contributed by atoms with Gasteiger partial charge in [-0.15, -0.1) is 0 Å². The molecule has 2 unspecified atom stereocenters. The predicted molar refractivity (Wildman–Crippen MR) is 243 cm³/mol. The lowest BCUT2D eigenvalue weighted by Crippen LogP contribution is -2.51. The lowest BCUT2D eigenvalue weighted by Gasteiger charge is -2.58. The smallest absolute Gasteiger partial charge is 0.338 e. The van der Waals surface area contributed by atoms with Gasteiger partial charge in [0.15, 0.2) is 0 Å². The monoisotopic (exact) mass is 842 g/mol. The van der Waals surface area contributed by atoms with Crippen molar-refractivity contribution in [3.63, 3.8) is 0 Å². The summed E-state index contributed by atoms with van der Waals surface area (Å²) in [6.07, 6.45) is 13.0. The lowest BCUT2D eigenvalue weighted by atomic mass is 9.47. The van der Waals surface area contributed by atoms with Crippen molar-refractivity contribution < 1.29 is 26.9 Å². The Balaban J connectivity index is 0.947. The van der Waals surface area contributed by atoms with Crippen LogP contribution >= 0.6 is 0 Å². The zero-order chi connectivity index (χ0) is 42.8. The quantitative estimate of drug-likeness (QED) is 0.0513. The van der Waals surface area contributed by atoms with Crippen molar-refractivity contribution in [1.29, 1.82) is 0 Å². The van der Waals surface area contributed by atoms with Gasteiger partial charge in [-0.3, -0.25) is 4.18 Å². The highest BCUT2D eigenvalue weighted by Gasteiger charge is 2.62. The molecule has 7 heteroatoms. The second kappa shape index (κ2) is 18.0. The summed E-state index contributed by atoms with van der Waals surface area (Å²) >= 11 is 0. The molecule has 0 aliphatic heterocycles. The van der Waals surface area contributed by atoms with E-state index >= 15 is 0 Å². The number of hydrogen-bond acceptors (Lipinski definition) is 6. The molecule has 3 saturated carbocycles. The molecule has 324 valence electrons. The molecule has 4 aliphatic rings. The molecule has 6 nitrogen and oxygen atoms in total. The number of rotatable bonds is 15. The van der Waals surface area contributed by atoms with Gasteiger partial charge in [0.05, 0.1) is 24.5 Å². The van der Waals surface area contributed by atoms with E-state index in [1.165, 1.54) is 11.8 Å². The van der Waals surface area contributed by atoms with Crippen LogP contribution in [0.1, 0.15) is 119 Å². The third-order valence-electron chi connectivity index (χ3n) is 15.8. The molecule has 4 aromatic carbocycles. The second-order valence-electron chi connectivity index (χ2n) is 19.6. The molecule has 0 amide bonds. The van der Waals surface area contributed by atoms with Gasteiger partial charge in [0.1, 0.15) is 11.7 Å². The Bertz CT molecular complexity index is 2130. The van der Waals surface area contributed by atoms with Gasteiger partial charge < -0.3 is 9.47 Å². The fraction of sp³-hybridized carbons (Fsp3) is 0.500. The Morgan fingerprint density at radius 1 is 0.770 bits per heavy atom. The minimum atomic E-state index is -3.63. The van der Waals surface area contributed by atoms with Crippen molar-refractivity contribution in [2.24, 2.45) is 46.3 Å². The number of benzene rings is 4. The third-order valence-corrected chi connectivity index (χ3v) is 16.4. The van der Waals surface area contributed by atoms with Gasteiger partial charge in [0, 0.05) is 6.42 Å². The van der Waals surface area contributed by atoms with E-state index in [0.29, 0.717) is 41.8 Å². The lowest BCUT2D eigenvalue weighted by molar-refractivity contribution is -0.0628. The Hall–Kier alpha value is -4.04. The van der Waals surface area contributed by atoms with Gasteiger partial charge in [-0.1, -0.05) is 161 Å². The van der Waals surface area contributed by atoms with Crippen LogP contribution in [0.25, 0.3) is 0 Å². The Kier molecular flexibility index (Phi) is 12.9. The van der Waals surface area contributed by atoms with Crippen LogP contribution in [0.15, 0.2) is 133 Å². The van der Waals surface area contributed by atoms with E-state index in [1.807, 2.05) is 30.3 Å². The van der Waals surface area contributed by atoms with Crippen LogP contribution in [-0.2, 0) is 29.4 Å². The van der Waals surface area contributed by atoms with Crippen LogP contribution in [0.2, 0.25) is 0 Å². The number of esters is 1. The van der Waals surface area contributed by atoms with Gasteiger partial charge in [-0.05, 0) is 120 Å². The van der Waals surface area contributed by atoms with E-state index in [-0.39, 0.29) is 34.9 Å². The summed E-state index contributed by atoms with van der Waals surface area (Å²) in [5, 5.41) is 0. The normalized spacial score (nSPS) is 29.6. The number of ether oxygens (including phenoxy) is 2. The third kappa shape index (κ3) is 8.81. The molecule has 61 heavy (non-hydrogen) atoms. The average Bonchev–Trinajstić information content (AvgIpc) is 3.55. The standard InChI is InChI=1S/C54H66O6S/c1-38(37-58-54(41-23-12-7-13-24-41,42-25-14-8-15-26-42)43-27-16-9-17-28-43)19-18-20-39(2)50-49(60-61(5,56)57)36-48-46-30-29-44-35-45(59-51(55)40-21-10-6-11-22-40)31-33-52(44,3)47(46)32-34-53(48,50)4/h6-17,21-29,38-39,45-50H,18-20,30-37H2,1-5H3/t38?,39-,45+,46-,47+,48+,49?,50+,52+,53+/m1/s1. The number of allylic oxidation sites excluding steroid dienone is 1. The zero-order valence-electron chi connectivity index (χ0n) is 36.9. The molecule has 4 aromatic rings. The summed E-state index contributed by atoms with van der Waals surface area (Å²) in [6, 6.07) is 41.0. The molecule has 0 heterocycles. The van der Waals surface area contributed by atoms with Gasteiger partial charge >= 0.3 is 5.97 Å². The molecule has 0 spiro atoms. The minimum absolute atomic E-state index is 0.00452. The fourth-order valence-electron chi connectivity index (χ4n) is 13.0. The fourth-order valence-corrected chi connectivity index (χ4v) is 13.6. The number of fused-ring (bicyclic) bond motifs is 5. The topological polar surface area (TPSA) is 78.9 Å². The first-order valence-electron chi connectivity index (χ1n) is 23.0. The van der Waals surface area contributed by atoms with E-state index in [9.17, 15) is 13.2 Å². The van der Waals surface area contributed by atoms with Crippen LogP contribution in [0.5, 0.6) is 0 Å². The molecule has 3 fully saturated rings. The van der Waals surface area contributed by atoms with E-state index in [4.69, 9.17) is 13.7 Å². The van der Waals surface area contributed by atoms with Crippen molar-refractivity contribution in [2.45, 2.75) is 110 Å². The Morgan fingerprint density at radius 2 is 1.34 bits per heavy atom. The Morgan fingerprint density at radius 3 is 1.92 bits per heavy atom. The van der Waals surface area contributed by atoms with Crippen LogP contribution in [0.4, 0.5) is 0 Å². The van der Waals surface area contributed by atoms with Crippen molar-refractivity contribution in [3.8, 4) is 0 Å². The average molecular weight is 843 g/mol. The Labute approximate surface area is 365 Å². The SMILES string of the molecule is CC(CCC[C@@H](C)[C@H]1C(OS(C)(=O)=O)C[C@H]2[C@@H]3CC=C4C[C@@H](OC(=O)c5ccccc5)CC[C@]4(C)[C@H]3CC[C@]12C)COC(c1ccccc1)(c1ccccc1)c1ccccc1. The van der Waals surface area contributed by atoms with E-state index < -0.39 is 15.7 Å². The summed E-state index contributed by atoms with van der Waals surface area (Å²) < 4.78 is 45.1. The predicted octanol–water partition coefficient (Wildman–Crippen LogP) is 12.2. The van der Waals surface area contributed by atoms with Crippen LogP contribution in [0.3, 0.4) is 0 Å². The number of carbonyl (C=O) groups is 1. The number of carbonyl (C=O) groups excluding carboxylic acids is 1.